The van der Waals surface area contributed by atoms with Crippen LogP contribution >= 0.6 is 0 Å². The lowest BCUT2D eigenvalue weighted by Crippen LogP contribution is -2.51. The summed E-state index contributed by atoms with van der Waals surface area (Å²) in [5.74, 6) is -0.435. The van der Waals surface area contributed by atoms with E-state index in [4.69, 9.17) is 4.74 Å². The lowest BCUT2D eigenvalue weighted by molar-refractivity contribution is 0.0457. The Morgan fingerprint density at radius 1 is 1.14 bits per heavy atom. The molecular weight excluding hydrogens is 278 g/mol. The monoisotopic (exact) mass is 295 g/mol. The quantitative estimate of drug-likeness (QED) is 0.646. The van der Waals surface area contributed by atoms with Crippen molar-refractivity contribution in [3.05, 3.63) is 47.5 Å². The van der Waals surface area contributed by atoms with Crippen LogP contribution in [0.4, 0.5) is 0 Å². The summed E-state index contributed by atoms with van der Waals surface area (Å²) in [5.41, 5.74) is 0.837. The molecule has 0 saturated carbocycles. The molecule has 1 saturated heterocycles. The van der Waals surface area contributed by atoms with Gasteiger partial charge in [0.2, 0.25) is 0 Å². The second-order valence-electron chi connectivity index (χ2n) is 6.07. The Hall–Kier alpha value is -2.20. The van der Waals surface area contributed by atoms with Crippen LogP contribution in [0.15, 0.2) is 36.4 Å². The predicted octanol–water partition coefficient (Wildman–Crippen LogP) is 3.00. The minimum Gasteiger partial charge on any atom is -0.367 e. The molecule has 4 heteroatoms. The Kier molecular flexibility index (Phi) is 2.69. The highest BCUT2D eigenvalue weighted by Crippen LogP contribution is 2.40. The number of benzene rings is 2. The van der Waals surface area contributed by atoms with Gasteiger partial charge in [-0.3, -0.25) is 14.5 Å². The molecule has 2 heterocycles. The number of hydrogen-bond donors (Lipinski definition) is 0. The van der Waals surface area contributed by atoms with E-state index in [9.17, 15) is 9.59 Å². The Morgan fingerprint density at radius 2 is 1.68 bits per heavy atom. The summed E-state index contributed by atoms with van der Waals surface area (Å²) in [6, 6.07) is 10.9. The Balaban J connectivity index is 1.89. The van der Waals surface area contributed by atoms with Gasteiger partial charge in [-0.25, -0.2) is 0 Å². The molecule has 4 nitrogen and oxygen atoms in total. The van der Waals surface area contributed by atoms with E-state index in [1.165, 1.54) is 4.90 Å². The zero-order valence-corrected chi connectivity index (χ0v) is 12.6. The third-order valence-electron chi connectivity index (χ3n) is 5.07. The van der Waals surface area contributed by atoms with Crippen molar-refractivity contribution in [1.82, 2.24) is 4.90 Å². The molecule has 2 aromatic rings. The summed E-state index contributed by atoms with van der Waals surface area (Å²) in [5, 5.41) is 1.70. The van der Waals surface area contributed by atoms with Crippen molar-refractivity contribution in [1.29, 1.82) is 0 Å². The number of epoxide rings is 1. The molecule has 0 aromatic heterocycles. The van der Waals surface area contributed by atoms with Crippen molar-refractivity contribution < 1.29 is 14.3 Å². The van der Waals surface area contributed by atoms with E-state index in [0.717, 1.165) is 17.2 Å². The highest BCUT2D eigenvalue weighted by atomic mass is 16.6. The second kappa shape index (κ2) is 4.40. The van der Waals surface area contributed by atoms with E-state index < -0.39 is 0 Å². The summed E-state index contributed by atoms with van der Waals surface area (Å²) in [6.45, 7) is 4.53. The van der Waals surface area contributed by atoms with Gasteiger partial charge in [-0.1, -0.05) is 31.2 Å². The number of amides is 2. The molecule has 0 radical (unpaired) electrons. The lowest BCUT2D eigenvalue weighted by Gasteiger charge is -2.34. The van der Waals surface area contributed by atoms with E-state index in [1.807, 2.05) is 38.1 Å². The molecule has 22 heavy (non-hydrogen) atoms. The molecule has 0 aliphatic carbocycles. The molecule has 0 spiro atoms. The summed E-state index contributed by atoms with van der Waals surface area (Å²) in [4.78, 5) is 27.2. The molecule has 112 valence electrons. The first-order chi connectivity index (χ1) is 10.6. The van der Waals surface area contributed by atoms with E-state index in [0.29, 0.717) is 17.7 Å². The van der Waals surface area contributed by atoms with E-state index in [-0.39, 0.29) is 23.5 Å². The van der Waals surface area contributed by atoms with Gasteiger partial charge >= 0.3 is 0 Å². The number of carbonyl (C=O) groups excluding carboxylic acids is 2. The maximum absolute atomic E-state index is 12.9. The predicted molar refractivity (Wildman–Crippen MR) is 82.9 cm³/mol. The van der Waals surface area contributed by atoms with E-state index in [1.54, 1.807) is 12.1 Å². The van der Waals surface area contributed by atoms with Crippen LogP contribution in [-0.4, -0.2) is 35.0 Å². The normalized spacial score (nSPS) is 24.7. The average molecular weight is 295 g/mol. The molecule has 4 rings (SSSR count). The van der Waals surface area contributed by atoms with E-state index >= 15 is 0 Å². The first-order valence-corrected chi connectivity index (χ1v) is 7.62. The van der Waals surface area contributed by atoms with Crippen LogP contribution in [-0.2, 0) is 4.74 Å². The van der Waals surface area contributed by atoms with Crippen molar-refractivity contribution in [3.63, 3.8) is 0 Å². The number of imide groups is 1. The van der Waals surface area contributed by atoms with Gasteiger partial charge in [0.05, 0.1) is 12.6 Å². The van der Waals surface area contributed by atoms with Crippen LogP contribution in [0.5, 0.6) is 0 Å². The Labute approximate surface area is 128 Å². The van der Waals surface area contributed by atoms with Crippen LogP contribution in [0.25, 0.3) is 10.8 Å². The van der Waals surface area contributed by atoms with Gasteiger partial charge in [0, 0.05) is 16.5 Å². The van der Waals surface area contributed by atoms with Gasteiger partial charge in [-0.15, -0.1) is 0 Å². The van der Waals surface area contributed by atoms with Crippen molar-refractivity contribution in [2.45, 2.75) is 31.9 Å². The average Bonchev–Trinajstić information content (AvgIpc) is 3.33. The van der Waals surface area contributed by atoms with Gasteiger partial charge in [-0.2, -0.15) is 0 Å². The Morgan fingerprint density at radius 3 is 2.14 bits per heavy atom. The highest BCUT2D eigenvalue weighted by molar-refractivity contribution is 6.25. The molecule has 2 aromatic carbocycles. The lowest BCUT2D eigenvalue weighted by atomic mass is 9.90. The van der Waals surface area contributed by atoms with E-state index in [2.05, 4.69) is 0 Å². The largest absolute Gasteiger partial charge is 0.367 e. The summed E-state index contributed by atoms with van der Waals surface area (Å²) in [6.07, 6.45) is 0.789. The fourth-order valence-electron chi connectivity index (χ4n) is 3.47. The number of rotatable bonds is 3. The van der Waals surface area contributed by atoms with Gasteiger partial charge in [0.15, 0.2) is 0 Å². The SMILES string of the molecule is CCC1(C(C)N2C(=O)c3cccc4cccc(c34)C2=O)CO1. The van der Waals surface area contributed by atoms with Crippen molar-refractivity contribution >= 4 is 22.6 Å². The van der Waals surface area contributed by atoms with Crippen LogP contribution < -0.4 is 0 Å². The minimum atomic E-state index is -0.370. The van der Waals surface area contributed by atoms with Crippen molar-refractivity contribution in [2.75, 3.05) is 6.61 Å². The zero-order valence-electron chi connectivity index (χ0n) is 12.6. The third kappa shape index (κ3) is 1.61. The summed E-state index contributed by atoms with van der Waals surface area (Å²) < 4.78 is 5.57. The summed E-state index contributed by atoms with van der Waals surface area (Å²) >= 11 is 0. The first-order valence-electron chi connectivity index (χ1n) is 7.62. The number of carbonyl (C=O) groups is 2. The van der Waals surface area contributed by atoms with Gasteiger partial charge in [0.25, 0.3) is 11.8 Å². The number of hydrogen-bond acceptors (Lipinski definition) is 3. The van der Waals surface area contributed by atoms with Crippen molar-refractivity contribution in [3.8, 4) is 0 Å². The van der Waals surface area contributed by atoms with Gasteiger partial charge in [0.1, 0.15) is 5.60 Å². The third-order valence-corrected chi connectivity index (χ3v) is 5.07. The maximum Gasteiger partial charge on any atom is 0.261 e. The first kappa shape index (κ1) is 13.5. The van der Waals surface area contributed by atoms with Gasteiger partial charge < -0.3 is 4.74 Å². The molecule has 2 unspecified atom stereocenters. The van der Waals surface area contributed by atoms with Gasteiger partial charge in [-0.05, 0) is 30.9 Å². The van der Waals surface area contributed by atoms with Crippen LogP contribution in [0.1, 0.15) is 41.0 Å². The molecule has 2 aliphatic rings. The second-order valence-corrected chi connectivity index (χ2v) is 6.07. The fourth-order valence-corrected chi connectivity index (χ4v) is 3.47. The molecular formula is C18H17NO3. The molecule has 2 aliphatic heterocycles. The van der Waals surface area contributed by atoms with Crippen molar-refractivity contribution in [2.24, 2.45) is 0 Å². The van der Waals surface area contributed by atoms with Crippen LogP contribution in [0, 0.1) is 0 Å². The maximum atomic E-state index is 12.9. The number of ether oxygens (including phenoxy) is 1. The fraction of sp³-hybridized carbons (Fsp3) is 0.333. The zero-order chi connectivity index (χ0) is 15.5. The van der Waals surface area contributed by atoms with Crippen LogP contribution in [0.2, 0.25) is 0 Å². The smallest absolute Gasteiger partial charge is 0.261 e. The minimum absolute atomic E-state index is 0.217. The standard InChI is InChI=1S/C18H17NO3/c1-3-18(10-22-18)11(2)19-16(20)13-8-4-6-12-7-5-9-14(15(12)13)17(19)21/h4-9,11H,3,10H2,1-2H3. The Bertz CT molecular complexity index is 756. The molecule has 1 fully saturated rings. The molecule has 0 N–H and O–H groups in total. The highest BCUT2D eigenvalue weighted by Gasteiger charge is 2.53. The molecule has 0 bridgehead atoms. The molecule has 2 atom stereocenters. The number of nitrogens with zero attached hydrogens (tertiary/aromatic N) is 1. The topological polar surface area (TPSA) is 49.9 Å². The van der Waals surface area contributed by atoms with Crippen LogP contribution in [0.3, 0.4) is 0 Å². The summed E-state index contributed by atoms with van der Waals surface area (Å²) in [7, 11) is 0. The molecule has 2 amide bonds.